The van der Waals surface area contributed by atoms with E-state index in [2.05, 4.69) is 10.3 Å². The van der Waals surface area contributed by atoms with E-state index in [1.165, 1.54) is 11.3 Å². The predicted octanol–water partition coefficient (Wildman–Crippen LogP) is -0.127. The molecule has 2 rings (SSSR count). The second kappa shape index (κ2) is 5.32. The molecule has 8 heteroatoms. The van der Waals surface area contributed by atoms with Crippen molar-refractivity contribution >= 4 is 23.3 Å². The zero-order valence-corrected chi connectivity index (χ0v) is 10.3. The highest BCUT2D eigenvalue weighted by Crippen LogP contribution is 2.18. The number of aliphatic carboxylic acids is 1. The molecule has 1 saturated heterocycles. The van der Waals surface area contributed by atoms with Crippen molar-refractivity contribution in [2.75, 3.05) is 6.54 Å². The van der Waals surface area contributed by atoms with Gasteiger partial charge in [0, 0.05) is 24.0 Å². The number of aromatic nitrogens is 1. The van der Waals surface area contributed by atoms with Crippen LogP contribution >= 0.6 is 11.3 Å². The van der Waals surface area contributed by atoms with Gasteiger partial charge in [-0.15, -0.1) is 11.3 Å². The third-order valence-corrected chi connectivity index (χ3v) is 3.50. The summed E-state index contributed by atoms with van der Waals surface area (Å²) in [6.45, 7) is 0.355. The van der Waals surface area contributed by atoms with Crippen molar-refractivity contribution in [2.24, 2.45) is 0 Å². The summed E-state index contributed by atoms with van der Waals surface area (Å²) in [5, 5.41) is 21.0. The number of hydrogen-bond acceptors (Lipinski definition) is 5. The molecular weight excluding hydrogens is 258 g/mol. The topological polar surface area (TPSA) is 103 Å². The number of aliphatic hydroxyl groups is 1. The van der Waals surface area contributed by atoms with Crippen LogP contribution in [0.5, 0.6) is 0 Å². The van der Waals surface area contributed by atoms with Crippen LogP contribution in [-0.2, 0) is 11.3 Å². The van der Waals surface area contributed by atoms with Crippen molar-refractivity contribution in [1.29, 1.82) is 0 Å². The molecule has 0 aliphatic carbocycles. The number of likely N-dealkylation sites (tertiary alicyclic amines) is 1. The largest absolute Gasteiger partial charge is 0.480 e. The molecule has 0 saturated carbocycles. The van der Waals surface area contributed by atoms with E-state index in [1.807, 2.05) is 0 Å². The first-order valence-electron chi connectivity index (χ1n) is 5.40. The lowest BCUT2D eigenvalue weighted by Gasteiger charge is -2.21. The Morgan fingerprint density at radius 2 is 2.39 bits per heavy atom. The zero-order valence-electron chi connectivity index (χ0n) is 9.44. The molecule has 1 fully saturated rings. The molecule has 18 heavy (non-hydrogen) atoms. The normalized spacial score (nSPS) is 23.1. The standard InChI is InChI=1S/C10H13N3O4S/c14-6-1-8(9(15)16)13(4-6)10(17)12-3-7-2-11-5-18-7/h2,5-6,8,14H,1,3-4H2,(H,12,17)(H,15,16)/t6?,8-/m0/s1. The van der Waals surface area contributed by atoms with Gasteiger partial charge in [0.25, 0.3) is 0 Å². The first kappa shape index (κ1) is 12.8. The first-order valence-corrected chi connectivity index (χ1v) is 6.28. The predicted molar refractivity (Wildman–Crippen MR) is 63.1 cm³/mol. The average Bonchev–Trinajstić information content (AvgIpc) is 2.94. The monoisotopic (exact) mass is 271 g/mol. The Bertz CT molecular complexity index is 436. The summed E-state index contributed by atoms with van der Waals surface area (Å²) < 4.78 is 0. The number of aliphatic hydroxyl groups excluding tert-OH is 1. The number of nitrogens with one attached hydrogen (secondary N) is 1. The van der Waals surface area contributed by atoms with Crippen molar-refractivity contribution in [3.63, 3.8) is 0 Å². The Hall–Kier alpha value is -1.67. The summed E-state index contributed by atoms with van der Waals surface area (Å²) in [5.74, 6) is -1.10. The van der Waals surface area contributed by atoms with Gasteiger partial charge in [0.2, 0.25) is 0 Å². The Balaban J connectivity index is 1.93. The van der Waals surface area contributed by atoms with Crippen molar-refractivity contribution < 1.29 is 19.8 Å². The van der Waals surface area contributed by atoms with Crippen molar-refractivity contribution in [3.05, 3.63) is 16.6 Å². The van der Waals surface area contributed by atoms with Gasteiger partial charge in [-0.1, -0.05) is 0 Å². The number of rotatable bonds is 3. The number of nitrogens with zero attached hydrogens (tertiary/aromatic N) is 2. The number of urea groups is 1. The summed E-state index contributed by atoms with van der Waals surface area (Å²) >= 11 is 1.41. The van der Waals surface area contributed by atoms with E-state index in [1.54, 1.807) is 11.7 Å². The van der Waals surface area contributed by atoms with E-state index < -0.39 is 24.1 Å². The number of carbonyl (C=O) groups excluding carboxylic acids is 1. The summed E-state index contributed by atoms with van der Waals surface area (Å²) in [7, 11) is 0. The number of hydrogen-bond donors (Lipinski definition) is 3. The van der Waals surface area contributed by atoms with Crippen LogP contribution in [0.1, 0.15) is 11.3 Å². The molecule has 1 aromatic rings. The molecule has 2 amide bonds. The Kier molecular flexibility index (Phi) is 3.78. The van der Waals surface area contributed by atoms with E-state index in [-0.39, 0.29) is 13.0 Å². The van der Waals surface area contributed by atoms with Gasteiger partial charge in [-0.25, -0.2) is 9.59 Å². The minimum Gasteiger partial charge on any atom is -0.480 e. The molecule has 98 valence electrons. The number of thiazole rings is 1. The Morgan fingerprint density at radius 3 is 3.00 bits per heavy atom. The van der Waals surface area contributed by atoms with Gasteiger partial charge in [0.05, 0.1) is 18.2 Å². The quantitative estimate of drug-likeness (QED) is 0.710. The molecule has 0 spiro atoms. The van der Waals surface area contributed by atoms with Crippen LogP contribution in [0.15, 0.2) is 11.7 Å². The van der Waals surface area contributed by atoms with Crippen molar-refractivity contribution in [3.8, 4) is 0 Å². The zero-order chi connectivity index (χ0) is 13.1. The first-order chi connectivity index (χ1) is 8.58. The fourth-order valence-electron chi connectivity index (χ4n) is 1.87. The molecule has 1 aliphatic heterocycles. The lowest BCUT2D eigenvalue weighted by molar-refractivity contribution is -0.141. The van der Waals surface area contributed by atoms with Crippen LogP contribution in [-0.4, -0.2) is 50.8 Å². The second-order valence-electron chi connectivity index (χ2n) is 4.02. The summed E-state index contributed by atoms with van der Waals surface area (Å²) in [5.41, 5.74) is 1.65. The SMILES string of the molecule is O=C(O)[C@@H]1CC(O)CN1C(=O)NCc1cncs1. The maximum atomic E-state index is 11.8. The van der Waals surface area contributed by atoms with E-state index in [0.29, 0.717) is 6.54 Å². The molecule has 0 aromatic carbocycles. The van der Waals surface area contributed by atoms with Crippen molar-refractivity contribution in [1.82, 2.24) is 15.2 Å². The number of β-amino-alcohol motifs (C(OH)–C–C–N with tert-alkyl or cyclic N) is 1. The maximum Gasteiger partial charge on any atom is 0.326 e. The lowest BCUT2D eigenvalue weighted by Crippen LogP contribution is -2.45. The van der Waals surface area contributed by atoms with E-state index in [9.17, 15) is 14.7 Å². The van der Waals surface area contributed by atoms with Gasteiger partial charge in [-0.05, 0) is 0 Å². The third-order valence-electron chi connectivity index (χ3n) is 2.72. The second-order valence-corrected chi connectivity index (χ2v) is 4.99. The van der Waals surface area contributed by atoms with Gasteiger partial charge in [-0.3, -0.25) is 4.98 Å². The molecule has 0 bridgehead atoms. The molecule has 1 aromatic heterocycles. The van der Waals surface area contributed by atoms with E-state index >= 15 is 0 Å². The van der Waals surface area contributed by atoms with Gasteiger partial charge in [-0.2, -0.15) is 0 Å². The Morgan fingerprint density at radius 1 is 1.61 bits per heavy atom. The molecule has 0 radical (unpaired) electrons. The van der Waals surface area contributed by atoms with Crippen LogP contribution in [0.4, 0.5) is 4.79 Å². The average molecular weight is 271 g/mol. The number of carbonyl (C=O) groups is 2. The van der Waals surface area contributed by atoms with Gasteiger partial charge in [0.1, 0.15) is 6.04 Å². The molecule has 2 atom stereocenters. The summed E-state index contributed by atoms with van der Waals surface area (Å²) in [4.78, 5) is 28.7. The molecule has 7 nitrogen and oxygen atoms in total. The van der Waals surface area contributed by atoms with E-state index in [0.717, 1.165) is 9.78 Å². The van der Waals surface area contributed by atoms with Crippen molar-refractivity contribution in [2.45, 2.75) is 25.1 Å². The third kappa shape index (κ3) is 2.77. The van der Waals surface area contributed by atoms with Gasteiger partial charge >= 0.3 is 12.0 Å². The Labute approximate surface area is 107 Å². The highest BCUT2D eigenvalue weighted by molar-refractivity contribution is 7.09. The van der Waals surface area contributed by atoms with Crippen LogP contribution in [0.25, 0.3) is 0 Å². The summed E-state index contributed by atoms with van der Waals surface area (Å²) in [6, 6.07) is -1.44. The number of carboxylic acids is 1. The van der Waals surface area contributed by atoms with Crippen LogP contribution in [0.3, 0.4) is 0 Å². The smallest absolute Gasteiger partial charge is 0.326 e. The molecule has 3 N–H and O–H groups in total. The van der Waals surface area contributed by atoms with Crippen LogP contribution in [0, 0.1) is 0 Å². The van der Waals surface area contributed by atoms with Crippen LogP contribution < -0.4 is 5.32 Å². The highest BCUT2D eigenvalue weighted by Gasteiger charge is 2.38. The summed E-state index contributed by atoms with van der Waals surface area (Å²) in [6.07, 6.45) is 0.933. The van der Waals surface area contributed by atoms with Gasteiger partial charge < -0.3 is 20.4 Å². The molecule has 1 aliphatic rings. The van der Waals surface area contributed by atoms with Gasteiger partial charge in [0.15, 0.2) is 0 Å². The molecule has 1 unspecified atom stereocenters. The van der Waals surface area contributed by atoms with E-state index in [4.69, 9.17) is 5.11 Å². The highest BCUT2D eigenvalue weighted by atomic mass is 32.1. The number of carboxylic acid groups (broad SMARTS) is 1. The number of amides is 2. The fourth-order valence-corrected chi connectivity index (χ4v) is 2.40. The molecular formula is C10H13N3O4S. The minimum absolute atomic E-state index is 0.0471. The molecule has 2 heterocycles. The lowest BCUT2D eigenvalue weighted by atomic mass is 10.2. The minimum atomic E-state index is -1.10. The maximum absolute atomic E-state index is 11.8. The van der Waals surface area contributed by atoms with Crippen LogP contribution in [0.2, 0.25) is 0 Å². The fraction of sp³-hybridized carbons (Fsp3) is 0.500.